The Hall–Kier alpha value is -1.83. The molecular formula is C10H11F3N2O3. The molecule has 1 aromatic heterocycles. The van der Waals surface area contributed by atoms with Gasteiger partial charge in [0.15, 0.2) is 5.69 Å². The number of carbonyl (C=O) groups is 1. The molecule has 0 amide bonds. The summed E-state index contributed by atoms with van der Waals surface area (Å²) in [5.41, 5.74) is -0.349. The molecule has 0 radical (unpaired) electrons. The number of halogens is 3. The number of anilines is 1. The van der Waals surface area contributed by atoms with Crippen LogP contribution < -0.4 is 4.90 Å². The number of nitrogens with zero attached hydrogens (tertiary/aromatic N) is 2. The Kier molecular flexibility index (Phi) is 4.49. The van der Waals surface area contributed by atoms with E-state index in [0.29, 0.717) is 0 Å². The second-order valence-corrected chi connectivity index (χ2v) is 3.45. The van der Waals surface area contributed by atoms with Crippen molar-refractivity contribution in [3.8, 4) is 0 Å². The minimum absolute atomic E-state index is 0.138. The number of hydrogen-bond acceptors (Lipinski definition) is 4. The molecule has 0 aliphatic heterocycles. The number of hydrogen-bond donors (Lipinski definition) is 2. The standard InChI is InChI=1S/C10H11F3N2O3/c11-10(12,13)6-15(4-5-16)8-3-1-2-7(14-8)9(17)18/h1-3,16H,4-6H2,(H,17,18). The molecule has 0 spiro atoms. The van der Waals surface area contributed by atoms with Crippen LogP contribution in [0.5, 0.6) is 0 Å². The van der Waals surface area contributed by atoms with E-state index in [1.165, 1.54) is 18.2 Å². The van der Waals surface area contributed by atoms with Crippen LogP contribution in [0.25, 0.3) is 0 Å². The molecule has 0 aromatic carbocycles. The van der Waals surface area contributed by atoms with E-state index in [1.807, 2.05) is 0 Å². The van der Waals surface area contributed by atoms with Gasteiger partial charge in [-0.2, -0.15) is 13.2 Å². The minimum Gasteiger partial charge on any atom is -0.477 e. The van der Waals surface area contributed by atoms with Crippen molar-refractivity contribution in [3.05, 3.63) is 23.9 Å². The van der Waals surface area contributed by atoms with Gasteiger partial charge in [-0.25, -0.2) is 9.78 Å². The van der Waals surface area contributed by atoms with Crippen LogP contribution in [0.3, 0.4) is 0 Å². The maximum atomic E-state index is 12.3. The number of alkyl halides is 3. The third-order valence-corrected chi connectivity index (χ3v) is 2.02. The van der Waals surface area contributed by atoms with E-state index in [0.717, 1.165) is 4.90 Å². The zero-order valence-corrected chi connectivity index (χ0v) is 9.18. The van der Waals surface area contributed by atoms with E-state index in [9.17, 15) is 18.0 Å². The van der Waals surface area contributed by atoms with Crippen LogP contribution in [0, 0.1) is 0 Å². The minimum atomic E-state index is -4.46. The maximum absolute atomic E-state index is 12.3. The van der Waals surface area contributed by atoms with Gasteiger partial charge in [0.1, 0.15) is 12.4 Å². The lowest BCUT2D eigenvalue weighted by atomic mass is 10.3. The predicted octanol–water partition coefficient (Wildman–Crippen LogP) is 1.14. The molecule has 8 heteroatoms. The topological polar surface area (TPSA) is 73.7 Å². The normalized spacial score (nSPS) is 11.3. The molecule has 0 unspecified atom stereocenters. The van der Waals surface area contributed by atoms with Crippen LogP contribution in [-0.2, 0) is 0 Å². The fourth-order valence-corrected chi connectivity index (χ4v) is 1.33. The molecule has 0 saturated heterocycles. The van der Waals surface area contributed by atoms with Gasteiger partial charge in [0.2, 0.25) is 0 Å². The molecule has 0 aliphatic carbocycles. The first kappa shape index (κ1) is 14.2. The van der Waals surface area contributed by atoms with Crippen molar-refractivity contribution in [3.63, 3.8) is 0 Å². The van der Waals surface area contributed by atoms with E-state index in [4.69, 9.17) is 10.2 Å². The summed E-state index contributed by atoms with van der Waals surface area (Å²) >= 11 is 0. The summed E-state index contributed by atoms with van der Waals surface area (Å²) in [4.78, 5) is 15.0. The SMILES string of the molecule is O=C(O)c1cccc(N(CCO)CC(F)(F)F)n1. The van der Waals surface area contributed by atoms with Crippen molar-refractivity contribution in [1.29, 1.82) is 0 Å². The lowest BCUT2D eigenvalue weighted by molar-refractivity contribution is -0.120. The highest BCUT2D eigenvalue weighted by atomic mass is 19.4. The highest BCUT2D eigenvalue weighted by Gasteiger charge is 2.31. The van der Waals surface area contributed by atoms with Crippen LogP contribution in [0.1, 0.15) is 10.5 Å². The Morgan fingerprint density at radius 2 is 2.06 bits per heavy atom. The lowest BCUT2D eigenvalue weighted by Gasteiger charge is -2.24. The monoisotopic (exact) mass is 264 g/mol. The Morgan fingerprint density at radius 1 is 1.39 bits per heavy atom. The largest absolute Gasteiger partial charge is 0.477 e. The Balaban J connectivity index is 2.98. The predicted molar refractivity (Wildman–Crippen MR) is 56.6 cm³/mol. The number of aromatic nitrogens is 1. The number of aromatic carboxylic acids is 1. The van der Waals surface area contributed by atoms with Crippen molar-refractivity contribution in [2.24, 2.45) is 0 Å². The molecule has 0 bridgehead atoms. The summed E-state index contributed by atoms with van der Waals surface area (Å²) in [6.45, 7) is -2.08. The van der Waals surface area contributed by atoms with Gasteiger partial charge in [0, 0.05) is 6.54 Å². The second-order valence-electron chi connectivity index (χ2n) is 3.45. The van der Waals surface area contributed by atoms with Crippen LogP contribution in [-0.4, -0.2) is 47.0 Å². The molecule has 0 fully saturated rings. The van der Waals surface area contributed by atoms with Crippen molar-refractivity contribution >= 4 is 11.8 Å². The summed E-state index contributed by atoms with van der Waals surface area (Å²) in [7, 11) is 0. The fraction of sp³-hybridized carbons (Fsp3) is 0.400. The zero-order valence-electron chi connectivity index (χ0n) is 9.18. The highest BCUT2D eigenvalue weighted by Crippen LogP contribution is 2.20. The lowest BCUT2D eigenvalue weighted by Crippen LogP contribution is -2.37. The molecule has 1 rings (SSSR count). The van der Waals surface area contributed by atoms with Gasteiger partial charge < -0.3 is 15.1 Å². The van der Waals surface area contributed by atoms with Gasteiger partial charge in [0.05, 0.1) is 6.61 Å². The van der Waals surface area contributed by atoms with E-state index >= 15 is 0 Å². The average molecular weight is 264 g/mol. The van der Waals surface area contributed by atoms with Crippen molar-refractivity contribution in [2.75, 3.05) is 24.6 Å². The molecule has 1 aromatic rings. The van der Waals surface area contributed by atoms with E-state index < -0.39 is 25.3 Å². The van der Waals surface area contributed by atoms with E-state index in [2.05, 4.69) is 4.98 Å². The third-order valence-electron chi connectivity index (χ3n) is 2.02. The summed E-state index contributed by atoms with van der Waals surface area (Å²) in [5, 5.41) is 17.4. The molecule has 18 heavy (non-hydrogen) atoms. The van der Waals surface area contributed by atoms with Gasteiger partial charge in [-0.15, -0.1) is 0 Å². The van der Waals surface area contributed by atoms with Crippen LogP contribution in [0.2, 0.25) is 0 Å². The number of rotatable bonds is 5. The first-order valence-electron chi connectivity index (χ1n) is 4.96. The average Bonchev–Trinajstić information content (AvgIpc) is 2.27. The summed E-state index contributed by atoms with van der Waals surface area (Å²) in [6, 6.07) is 3.73. The Labute approximate surface area is 100 Å². The molecule has 0 atom stereocenters. The summed E-state index contributed by atoms with van der Waals surface area (Å²) in [5.74, 6) is -1.46. The maximum Gasteiger partial charge on any atom is 0.405 e. The van der Waals surface area contributed by atoms with Crippen molar-refractivity contribution < 1.29 is 28.2 Å². The number of aliphatic hydroxyl groups is 1. The quantitative estimate of drug-likeness (QED) is 0.834. The first-order chi connectivity index (χ1) is 8.33. The molecule has 2 N–H and O–H groups in total. The zero-order chi connectivity index (χ0) is 13.8. The van der Waals surface area contributed by atoms with Crippen LogP contribution >= 0.6 is 0 Å². The first-order valence-corrected chi connectivity index (χ1v) is 4.96. The van der Waals surface area contributed by atoms with E-state index in [-0.39, 0.29) is 18.1 Å². The molecule has 100 valence electrons. The third kappa shape index (κ3) is 4.21. The van der Waals surface area contributed by atoms with Crippen LogP contribution in [0.4, 0.5) is 19.0 Å². The van der Waals surface area contributed by atoms with Gasteiger partial charge in [0.25, 0.3) is 0 Å². The van der Waals surface area contributed by atoms with E-state index in [1.54, 1.807) is 0 Å². The second kappa shape index (κ2) is 5.67. The smallest absolute Gasteiger partial charge is 0.405 e. The molecular weight excluding hydrogens is 253 g/mol. The Bertz CT molecular complexity index is 423. The summed E-state index contributed by atoms with van der Waals surface area (Å²) < 4.78 is 36.9. The van der Waals surface area contributed by atoms with Crippen LogP contribution in [0.15, 0.2) is 18.2 Å². The highest BCUT2D eigenvalue weighted by molar-refractivity contribution is 5.85. The van der Waals surface area contributed by atoms with Gasteiger partial charge in [-0.1, -0.05) is 6.07 Å². The van der Waals surface area contributed by atoms with Crippen molar-refractivity contribution in [2.45, 2.75) is 6.18 Å². The molecule has 0 saturated carbocycles. The van der Waals surface area contributed by atoms with Gasteiger partial charge in [-0.05, 0) is 12.1 Å². The van der Waals surface area contributed by atoms with Crippen molar-refractivity contribution in [1.82, 2.24) is 4.98 Å². The Morgan fingerprint density at radius 3 is 2.56 bits per heavy atom. The number of carboxylic acids is 1. The molecule has 0 aliphatic rings. The molecule has 1 heterocycles. The van der Waals surface area contributed by atoms with Gasteiger partial charge >= 0.3 is 12.1 Å². The molecule has 5 nitrogen and oxygen atoms in total. The number of pyridine rings is 1. The number of carboxylic acid groups (broad SMARTS) is 1. The summed E-state index contributed by atoms with van der Waals surface area (Å²) in [6.07, 6.45) is -4.46. The number of aliphatic hydroxyl groups excluding tert-OH is 1. The van der Waals surface area contributed by atoms with Gasteiger partial charge in [-0.3, -0.25) is 0 Å². The fourth-order valence-electron chi connectivity index (χ4n) is 1.33.